The van der Waals surface area contributed by atoms with Gasteiger partial charge in [-0.05, 0) is 63.7 Å². The highest BCUT2D eigenvalue weighted by molar-refractivity contribution is 5.79. The molecule has 2 fully saturated rings. The van der Waals surface area contributed by atoms with Crippen LogP contribution in [0, 0.1) is 12.8 Å². The summed E-state index contributed by atoms with van der Waals surface area (Å²) < 4.78 is 5.74. The predicted octanol–water partition coefficient (Wildman–Crippen LogP) is 2.46. The lowest BCUT2D eigenvalue weighted by Gasteiger charge is -2.36. The largest absolute Gasteiger partial charge is 0.491 e. The van der Waals surface area contributed by atoms with E-state index in [0.717, 1.165) is 63.2 Å². The first-order chi connectivity index (χ1) is 12.6. The molecule has 0 spiro atoms. The van der Waals surface area contributed by atoms with Crippen LogP contribution in [-0.2, 0) is 4.79 Å². The van der Waals surface area contributed by atoms with Gasteiger partial charge in [-0.1, -0.05) is 18.2 Å². The minimum Gasteiger partial charge on any atom is -0.491 e. The zero-order valence-electron chi connectivity index (χ0n) is 15.9. The van der Waals surface area contributed by atoms with Crippen LogP contribution in [0.15, 0.2) is 24.3 Å². The van der Waals surface area contributed by atoms with Gasteiger partial charge in [-0.25, -0.2) is 0 Å². The first-order valence-electron chi connectivity index (χ1n) is 10.0. The van der Waals surface area contributed by atoms with E-state index in [0.29, 0.717) is 19.1 Å². The smallest absolute Gasteiger partial charge is 0.225 e. The lowest BCUT2D eigenvalue weighted by molar-refractivity contribution is -0.138. The Balaban J connectivity index is 1.38. The topological polar surface area (TPSA) is 53.0 Å². The van der Waals surface area contributed by atoms with Crippen LogP contribution in [0.25, 0.3) is 0 Å². The molecule has 1 aromatic carbocycles. The van der Waals surface area contributed by atoms with Crippen molar-refractivity contribution < 1.29 is 14.6 Å². The average molecular weight is 360 g/mol. The van der Waals surface area contributed by atoms with Gasteiger partial charge in [0.25, 0.3) is 0 Å². The normalized spacial score (nSPS) is 20.8. The maximum Gasteiger partial charge on any atom is 0.225 e. The number of piperidine rings is 2. The van der Waals surface area contributed by atoms with E-state index in [1.165, 1.54) is 6.42 Å². The quantitative estimate of drug-likeness (QED) is 0.847. The number of β-amino-alcohol motifs (C(OH)–C–C–N with tert-alkyl or cyclic N) is 1. The molecule has 1 aromatic rings. The Bertz CT molecular complexity index is 578. The number of carbonyl (C=O) groups is 1. The monoisotopic (exact) mass is 360 g/mol. The molecule has 5 nitrogen and oxygen atoms in total. The maximum atomic E-state index is 12.6. The molecule has 5 heteroatoms. The third-order valence-corrected chi connectivity index (χ3v) is 5.60. The number of likely N-dealkylation sites (tertiary alicyclic amines) is 2. The van der Waals surface area contributed by atoms with Crippen molar-refractivity contribution in [2.24, 2.45) is 5.92 Å². The summed E-state index contributed by atoms with van der Waals surface area (Å²) in [5.74, 6) is 1.36. The fraction of sp³-hybridized carbons (Fsp3) is 0.667. The maximum absolute atomic E-state index is 12.6. The second-order valence-electron chi connectivity index (χ2n) is 7.69. The summed E-state index contributed by atoms with van der Waals surface area (Å²) in [4.78, 5) is 16.9. The van der Waals surface area contributed by atoms with Crippen LogP contribution in [-0.4, -0.2) is 66.2 Å². The first-order valence-corrected chi connectivity index (χ1v) is 10.0. The number of aliphatic hydroxyl groups excluding tert-OH is 1. The minimum absolute atomic E-state index is 0.171. The number of benzene rings is 1. The molecule has 2 heterocycles. The molecule has 2 saturated heterocycles. The second kappa shape index (κ2) is 9.38. The van der Waals surface area contributed by atoms with Crippen molar-refractivity contribution in [1.29, 1.82) is 0 Å². The number of rotatable bonds is 6. The third-order valence-electron chi connectivity index (χ3n) is 5.60. The Morgan fingerprint density at radius 2 is 1.85 bits per heavy atom. The van der Waals surface area contributed by atoms with Crippen LogP contribution in [0.1, 0.15) is 37.7 Å². The molecule has 26 heavy (non-hydrogen) atoms. The Kier molecular flexibility index (Phi) is 6.92. The molecule has 0 bridgehead atoms. The third kappa shape index (κ3) is 5.21. The molecule has 0 saturated carbocycles. The summed E-state index contributed by atoms with van der Waals surface area (Å²) in [6, 6.07) is 7.86. The number of hydrogen-bond donors (Lipinski definition) is 1. The summed E-state index contributed by atoms with van der Waals surface area (Å²) in [6.07, 6.45) is 4.85. The highest BCUT2D eigenvalue weighted by Crippen LogP contribution is 2.22. The van der Waals surface area contributed by atoms with Gasteiger partial charge in [0.1, 0.15) is 18.5 Å². The number of hydrogen-bond acceptors (Lipinski definition) is 4. The molecule has 2 aliphatic heterocycles. The van der Waals surface area contributed by atoms with Gasteiger partial charge in [-0.15, -0.1) is 0 Å². The van der Waals surface area contributed by atoms with Gasteiger partial charge < -0.3 is 19.6 Å². The standard InChI is InChI=1S/C21H32N2O3/c1-17-7-3-4-8-20(17)26-16-19(24)15-22-13-9-18(10-14-22)21(25)23-11-5-2-6-12-23/h3-4,7-8,18-19,24H,2,5-6,9-16H2,1H3. The minimum atomic E-state index is -0.510. The Morgan fingerprint density at radius 1 is 1.15 bits per heavy atom. The number of nitrogens with zero attached hydrogens (tertiary/aromatic N) is 2. The van der Waals surface area contributed by atoms with Crippen LogP contribution < -0.4 is 4.74 Å². The van der Waals surface area contributed by atoms with Gasteiger partial charge in [0.2, 0.25) is 5.91 Å². The Hall–Kier alpha value is -1.59. The van der Waals surface area contributed by atoms with Gasteiger partial charge in [-0.2, -0.15) is 0 Å². The molecule has 0 aliphatic carbocycles. The van der Waals surface area contributed by atoms with E-state index >= 15 is 0 Å². The Labute approximate surface area is 156 Å². The number of ether oxygens (including phenoxy) is 1. The second-order valence-corrected chi connectivity index (χ2v) is 7.69. The SMILES string of the molecule is Cc1ccccc1OCC(O)CN1CCC(C(=O)N2CCCCC2)CC1. The van der Waals surface area contributed by atoms with Gasteiger partial charge in [0.15, 0.2) is 0 Å². The van der Waals surface area contributed by atoms with Crippen molar-refractivity contribution in [1.82, 2.24) is 9.80 Å². The molecule has 3 rings (SSSR count). The summed E-state index contributed by atoms with van der Waals surface area (Å²) in [7, 11) is 0. The van der Waals surface area contributed by atoms with Gasteiger partial charge >= 0.3 is 0 Å². The fourth-order valence-electron chi connectivity index (χ4n) is 3.99. The van der Waals surface area contributed by atoms with E-state index < -0.39 is 6.10 Å². The zero-order chi connectivity index (χ0) is 18.4. The molecular weight excluding hydrogens is 328 g/mol. The summed E-state index contributed by atoms with van der Waals surface area (Å²) in [5.41, 5.74) is 1.08. The first kappa shape index (κ1) is 19.2. The van der Waals surface area contributed by atoms with Crippen molar-refractivity contribution >= 4 is 5.91 Å². The summed E-state index contributed by atoms with van der Waals surface area (Å²) in [5, 5.41) is 10.3. The van der Waals surface area contributed by atoms with Crippen molar-refractivity contribution in [3.63, 3.8) is 0 Å². The summed E-state index contributed by atoms with van der Waals surface area (Å²) in [6.45, 7) is 6.55. The molecule has 1 atom stereocenters. The zero-order valence-corrected chi connectivity index (χ0v) is 15.9. The highest BCUT2D eigenvalue weighted by Gasteiger charge is 2.29. The van der Waals surface area contributed by atoms with Crippen LogP contribution in [0.2, 0.25) is 0 Å². The number of para-hydroxylation sites is 1. The molecule has 0 aromatic heterocycles. The van der Waals surface area contributed by atoms with Crippen LogP contribution in [0.5, 0.6) is 5.75 Å². The predicted molar refractivity (Wildman–Crippen MR) is 102 cm³/mol. The van der Waals surface area contributed by atoms with Gasteiger partial charge in [-0.3, -0.25) is 4.79 Å². The number of aryl methyl sites for hydroxylation is 1. The molecule has 1 amide bonds. The van der Waals surface area contributed by atoms with E-state index in [2.05, 4.69) is 9.80 Å². The lowest BCUT2D eigenvalue weighted by atomic mass is 9.94. The van der Waals surface area contributed by atoms with Crippen molar-refractivity contribution in [3.05, 3.63) is 29.8 Å². The molecular formula is C21H32N2O3. The highest BCUT2D eigenvalue weighted by atomic mass is 16.5. The fourth-order valence-corrected chi connectivity index (χ4v) is 3.99. The summed E-state index contributed by atoms with van der Waals surface area (Å²) >= 11 is 0. The van der Waals surface area contributed by atoms with E-state index in [1.807, 2.05) is 31.2 Å². The Morgan fingerprint density at radius 3 is 2.54 bits per heavy atom. The molecule has 144 valence electrons. The van der Waals surface area contributed by atoms with Gasteiger partial charge in [0, 0.05) is 25.6 Å². The lowest BCUT2D eigenvalue weighted by Crippen LogP contribution is -2.46. The van der Waals surface area contributed by atoms with E-state index in [4.69, 9.17) is 4.74 Å². The van der Waals surface area contributed by atoms with Crippen LogP contribution in [0.3, 0.4) is 0 Å². The van der Waals surface area contributed by atoms with Crippen molar-refractivity contribution in [2.45, 2.75) is 45.1 Å². The number of carbonyl (C=O) groups excluding carboxylic acids is 1. The molecule has 0 radical (unpaired) electrons. The number of aliphatic hydroxyl groups is 1. The molecule has 1 unspecified atom stereocenters. The van der Waals surface area contributed by atoms with E-state index in [-0.39, 0.29) is 5.92 Å². The van der Waals surface area contributed by atoms with Gasteiger partial charge in [0.05, 0.1) is 0 Å². The van der Waals surface area contributed by atoms with Crippen LogP contribution >= 0.6 is 0 Å². The van der Waals surface area contributed by atoms with E-state index in [9.17, 15) is 9.90 Å². The van der Waals surface area contributed by atoms with Crippen molar-refractivity contribution in [3.8, 4) is 5.75 Å². The number of amides is 1. The van der Waals surface area contributed by atoms with Crippen molar-refractivity contribution in [2.75, 3.05) is 39.3 Å². The molecule has 1 N–H and O–H groups in total. The molecule has 2 aliphatic rings. The van der Waals surface area contributed by atoms with E-state index in [1.54, 1.807) is 0 Å². The average Bonchev–Trinajstić information content (AvgIpc) is 2.68. The van der Waals surface area contributed by atoms with Crippen LogP contribution in [0.4, 0.5) is 0 Å².